The third kappa shape index (κ3) is 4.32. The number of nitrogens with two attached hydrogens (primary N) is 1. The molecule has 5 nitrogen and oxygen atoms in total. The minimum atomic E-state index is 0. The number of anilines is 1. The van der Waals surface area contributed by atoms with Crippen molar-refractivity contribution < 1.29 is 4.79 Å². The van der Waals surface area contributed by atoms with Crippen molar-refractivity contribution in [1.82, 2.24) is 9.88 Å². The fraction of sp³-hybridized carbons (Fsp3) is 0.714. The number of aromatic nitrogens is 1. The fourth-order valence-electron chi connectivity index (χ4n) is 3.03. The van der Waals surface area contributed by atoms with Crippen LogP contribution < -0.4 is 11.1 Å². The number of carbonyl (C=O) groups excluding carboxylic acids is 1. The van der Waals surface area contributed by atoms with Gasteiger partial charge in [-0.1, -0.05) is 6.92 Å². The second-order valence-corrected chi connectivity index (χ2v) is 7.35. The third-order valence-corrected chi connectivity index (χ3v) is 5.41. The number of thiazole rings is 1. The van der Waals surface area contributed by atoms with Gasteiger partial charge in [0.1, 0.15) is 0 Å². The van der Waals surface area contributed by atoms with E-state index >= 15 is 0 Å². The largest absolute Gasteiger partial charge is 0.330 e. The Morgan fingerprint density at radius 1 is 1.45 bits per heavy atom. The van der Waals surface area contributed by atoms with E-state index in [9.17, 15) is 4.79 Å². The molecular formula is C14H24Cl2N4OS. The lowest BCUT2D eigenvalue weighted by atomic mass is 9.90. The Morgan fingerprint density at radius 2 is 2.23 bits per heavy atom. The zero-order valence-corrected chi connectivity index (χ0v) is 15.2. The number of likely N-dealkylation sites (tertiary alicyclic amines) is 1. The molecule has 0 radical (unpaired) electrons. The molecule has 2 heterocycles. The minimum absolute atomic E-state index is 0. The fourth-order valence-corrected chi connectivity index (χ4v) is 4.10. The van der Waals surface area contributed by atoms with Crippen LogP contribution in [0.4, 0.5) is 5.13 Å². The van der Waals surface area contributed by atoms with Gasteiger partial charge in [0.2, 0.25) is 5.91 Å². The van der Waals surface area contributed by atoms with Crippen LogP contribution in [-0.4, -0.2) is 42.0 Å². The molecule has 1 aliphatic heterocycles. The van der Waals surface area contributed by atoms with Crippen LogP contribution in [0.2, 0.25) is 0 Å². The quantitative estimate of drug-likeness (QED) is 0.855. The topological polar surface area (TPSA) is 71.2 Å². The molecule has 1 amide bonds. The predicted octanol–water partition coefficient (Wildman–Crippen LogP) is 2.08. The number of hydrogen-bond acceptors (Lipinski definition) is 5. The average molecular weight is 367 g/mol. The molecule has 0 saturated carbocycles. The highest BCUT2D eigenvalue weighted by Gasteiger charge is 2.33. The first-order chi connectivity index (χ1) is 9.58. The monoisotopic (exact) mass is 366 g/mol. The summed E-state index contributed by atoms with van der Waals surface area (Å²) in [5.74, 6) is 0.0405. The summed E-state index contributed by atoms with van der Waals surface area (Å²) in [6, 6.07) is 0. The molecule has 126 valence electrons. The highest BCUT2D eigenvalue weighted by Crippen LogP contribution is 2.31. The normalized spacial score (nSPS) is 23.5. The number of aryl methyl sites for hydroxylation is 2. The number of nitrogens with zero attached hydrogens (tertiary/aromatic N) is 2. The van der Waals surface area contributed by atoms with Crippen LogP contribution in [0.15, 0.2) is 0 Å². The molecule has 0 aromatic carbocycles. The standard InChI is InChI=1S/C14H22N4OS.2ClH/c1-14(8-15)5-6-18(9-14)7-12(19)17-13-16-10-3-2-4-11(10)20-13;;/h2-9,15H2,1H3,(H,16,17,19);2*1H. The molecule has 1 atom stereocenters. The van der Waals surface area contributed by atoms with Gasteiger partial charge in [0.25, 0.3) is 0 Å². The van der Waals surface area contributed by atoms with E-state index in [-0.39, 0.29) is 36.1 Å². The van der Waals surface area contributed by atoms with Crippen molar-refractivity contribution in [3.8, 4) is 0 Å². The van der Waals surface area contributed by atoms with Gasteiger partial charge in [0.15, 0.2) is 5.13 Å². The average Bonchev–Trinajstić information content (AvgIpc) is 3.05. The summed E-state index contributed by atoms with van der Waals surface area (Å²) in [5, 5.41) is 3.70. The van der Waals surface area contributed by atoms with Gasteiger partial charge in [-0.3, -0.25) is 9.69 Å². The van der Waals surface area contributed by atoms with Gasteiger partial charge < -0.3 is 11.1 Å². The van der Waals surface area contributed by atoms with Crippen LogP contribution in [0.1, 0.15) is 30.3 Å². The van der Waals surface area contributed by atoms with E-state index in [2.05, 4.69) is 22.1 Å². The molecule has 3 rings (SSSR count). The lowest BCUT2D eigenvalue weighted by Crippen LogP contribution is -2.35. The third-order valence-electron chi connectivity index (χ3n) is 4.34. The zero-order valence-electron chi connectivity index (χ0n) is 12.8. The highest BCUT2D eigenvalue weighted by molar-refractivity contribution is 7.15. The zero-order chi connectivity index (χ0) is 14.2. The van der Waals surface area contributed by atoms with Crippen LogP contribution in [0.3, 0.4) is 0 Å². The Bertz CT molecular complexity index is 503. The Balaban J connectivity index is 0.00000121. The molecule has 1 aromatic heterocycles. The summed E-state index contributed by atoms with van der Waals surface area (Å²) in [5.41, 5.74) is 7.14. The first-order valence-electron chi connectivity index (χ1n) is 7.29. The van der Waals surface area contributed by atoms with Gasteiger partial charge in [0, 0.05) is 11.4 Å². The number of hydrogen-bond donors (Lipinski definition) is 2. The predicted molar refractivity (Wildman–Crippen MR) is 95.5 cm³/mol. The maximum absolute atomic E-state index is 12.1. The van der Waals surface area contributed by atoms with Crippen molar-refractivity contribution in [2.75, 3.05) is 31.5 Å². The smallest absolute Gasteiger partial charge is 0.240 e. The summed E-state index contributed by atoms with van der Waals surface area (Å²) in [6.45, 7) is 5.18. The van der Waals surface area contributed by atoms with Crippen LogP contribution >= 0.6 is 36.2 Å². The van der Waals surface area contributed by atoms with Gasteiger partial charge in [0.05, 0.1) is 12.2 Å². The SMILES string of the molecule is CC1(CN)CCN(CC(=O)Nc2nc3c(s2)CCC3)C1.Cl.Cl. The van der Waals surface area contributed by atoms with E-state index in [1.807, 2.05) is 0 Å². The molecule has 0 spiro atoms. The summed E-state index contributed by atoms with van der Waals surface area (Å²) in [4.78, 5) is 20.1. The summed E-state index contributed by atoms with van der Waals surface area (Å²) in [7, 11) is 0. The Hall–Kier alpha value is -0.400. The Kier molecular flexibility index (Phi) is 7.08. The molecule has 22 heavy (non-hydrogen) atoms. The molecule has 1 saturated heterocycles. The number of fused-ring (bicyclic) bond motifs is 1. The number of nitrogens with one attached hydrogen (secondary N) is 1. The second-order valence-electron chi connectivity index (χ2n) is 6.27. The van der Waals surface area contributed by atoms with Crippen LogP contribution in [0.5, 0.6) is 0 Å². The number of carbonyl (C=O) groups is 1. The molecule has 1 aliphatic carbocycles. The van der Waals surface area contributed by atoms with E-state index in [4.69, 9.17) is 5.73 Å². The van der Waals surface area contributed by atoms with Gasteiger partial charge in [-0.15, -0.1) is 36.2 Å². The molecule has 8 heteroatoms. The van der Waals surface area contributed by atoms with Crippen molar-refractivity contribution in [1.29, 1.82) is 0 Å². The molecule has 3 N–H and O–H groups in total. The van der Waals surface area contributed by atoms with Crippen LogP contribution in [0, 0.1) is 5.41 Å². The molecule has 1 fully saturated rings. The van der Waals surface area contributed by atoms with Gasteiger partial charge in [-0.2, -0.15) is 0 Å². The van der Waals surface area contributed by atoms with Gasteiger partial charge in [-0.05, 0) is 44.2 Å². The highest BCUT2D eigenvalue weighted by atomic mass is 35.5. The lowest BCUT2D eigenvalue weighted by Gasteiger charge is -2.22. The number of halogens is 2. The maximum atomic E-state index is 12.1. The maximum Gasteiger partial charge on any atom is 0.240 e. The molecule has 0 bridgehead atoms. The Morgan fingerprint density at radius 3 is 2.86 bits per heavy atom. The summed E-state index contributed by atoms with van der Waals surface area (Å²) >= 11 is 1.63. The van der Waals surface area contributed by atoms with Crippen molar-refractivity contribution in [3.63, 3.8) is 0 Å². The minimum Gasteiger partial charge on any atom is -0.330 e. The van der Waals surface area contributed by atoms with Crippen molar-refractivity contribution in [2.24, 2.45) is 11.1 Å². The molecule has 1 aromatic rings. The first-order valence-corrected chi connectivity index (χ1v) is 8.10. The second kappa shape index (κ2) is 7.93. The van der Waals surface area contributed by atoms with Crippen molar-refractivity contribution in [2.45, 2.75) is 32.6 Å². The van der Waals surface area contributed by atoms with E-state index in [0.29, 0.717) is 13.1 Å². The Labute approximate surface area is 147 Å². The first kappa shape index (κ1) is 19.6. The van der Waals surface area contributed by atoms with E-state index in [0.717, 1.165) is 37.5 Å². The van der Waals surface area contributed by atoms with E-state index in [1.165, 1.54) is 17.0 Å². The summed E-state index contributed by atoms with van der Waals surface area (Å²) < 4.78 is 0. The van der Waals surface area contributed by atoms with Gasteiger partial charge >= 0.3 is 0 Å². The van der Waals surface area contributed by atoms with E-state index < -0.39 is 0 Å². The molecule has 1 unspecified atom stereocenters. The summed E-state index contributed by atoms with van der Waals surface area (Å²) in [6.07, 6.45) is 4.45. The van der Waals surface area contributed by atoms with Gasteiger partial charge in [-0.25, -0.2) is 4.98 Å². The molecule has 2 aliphatic rings. The van der Waals surface area contributed by atoms with E-state index in [1.54, 1.807) is 11.3 Å². The molecular weight excluding hydrogens is 343 g/mol. The number of amides is 1. The van der Waals surface area contributed by atoms with Crippen LogP contribution in [-0.2, 0) is 17.6 Å². The lowest BCUT2D eigenvalue weighted by molar-refractivity contribution is -0.117. The number of rotatable bonds is 4. The van der Waals surface area contributed by atoms with Crippen molar-refractivity contribution >= 4 is 47.2 Å². The van der Waals surface area contributed by atoms with Crippen molar-refractivity contribution in [3.05, 3.63) is 10.6 Å². The van der Waals surface area contributed by atoms with Crippen LogP contribution in [0.25, 0.3) is 0 Å².